The number of carbonyl (C=O) groups excluding carboxylic acids is 1. The topological polar surface area (TPSA) is 29.1 Å². The van der Waals surface area contributed by atoms with Gasteiger partial charge in [0.15, 0.2) is 0 Å². The van der Waals surface area contributed by atoms with E-state index in [1.807, 2.05) is 20.8 Å². The third kappa shape index (κ3) is 5.01. The average Bonchev–Trinajstić information content (AvgIpc) is 1.56. The van der Waals surface area contributed by atoms with Crippen LogP contribution in [0, 0.1) is 5.41 Å². The standard InChI is InChI=1S/C8H19NOSi/c1-8(2,3)7(10)9-11(4,5)6/h1-6H3,(H,9,10). The van der Waals surface area contributed by atoms with Gasteiger partial charge in [-0.15, -0.1) is 0 Å². The highest BCUT2D eigenvalue weighted by molar-refractivity contribution is 6.75. The van der Waals surface area contributed by atoms with Crippen molar-refractivity contribution in [2.75, 3.05) is 0 Å². The van der Waals surface area contributed by atoms with Crippen LogP contribution in [0.1, 0.15) is 20.8 Å². The summed E-state index contributed by atoms with van der Waals surface area (Å²) < 4.78 is 0. The van der Waals surface area contributed by atoms with Crippen LogP contribution in [0.4, 0.5) is 0 Å². The van der Waals surface area contributed by atoms with Gasteiger partial charge in [-0.1, -0.05) is 40.4 Å². The molecule has 11 heavy (non-hydrogen) atoms. The van der Waals surface area contributed by atoms with Gasteiger partial charge in [-0.25, -0.2) is 0 Å². The Labute approximate surface area is 70.5 Å². The third-order valence-corrected chi connectivity index (χ3v) is 2.15. The minimum atomic E-state index is -1.43. The Morgan fingerprint density at radius 2 is 1.55 bits per heavy atom. The summed E-state index contributed by atoms with van der Waals surface area (Å²) in [5.41, 5.74) is -0.250. The molecule has 0 saturated carbocycles. The minimum absolute atomic E-state index is 0.164. The molecule has 0 unspecified atom stereocenters. The van der Waals surface area contributed by atoms with Gasteiger partial charge in [0.05, 0.1) is 0 Å². The van der Waals surface area contributed by atoms with Crippen molar-refractivity contribution in [2.24, 2.45) is 5.41 Å². The maximum Gasteiger partial charge on any atom is 0.217 e. The van der Waals surface area contributed by atoms with Crippen molar-refractivity contribution in [1.82, 2.24) is 4.98 Å². The Balaban J connectivity index is 4.11. The summed E-state index contributed by atoms with van der Waals surface area (Å²) in [4.78, 5) is 14.5. The molecule has 0 heterocycles. The monoisotopic (exact) mass is 173 g/mol. The van der Waals surface area contributed by atoms with Gasteiger partial charge in [0.25, 0.3) is 0 Å². The molecular weight excluding hydrogens is 154 g/mol. The molecule has 0 aliphatic rings. The first-order chi connectivity index (χ1) is 4.63. The molecule has 1 N–H and O–H groups in total. The lowest BCUT2D eigenvalue weighted by Gasteiger charge is -2.25. The summed E-state index contributed by atoms with van der Waals surface area (Å²) in [7, 11) is -1.43. The summed E-state index contributed by atoms with van der Waals surface area (Å²) in [5.74, 6) is 0.164. The maximum absolute atomic E-state index is 11.4. The van der Waals surface area contributed by atoms with Crippen LogP contribution in [-0.4, -0.2) is 14.1 Å². The largest absolute Gasteiger partial charge is 0.382 e. The van der Waals surface area contributed by atoms with Gasteiger partial charge >= 0.3 is 0 Å². The van der Waals surface area contributed by atoms with Crippen LogP contribution < -0.4 is 4.98 Å². The van der Waals surface area contributed by atoms with Crippen molar-refractivity contribution < 1.29 is 4.79 Å². The molecule has 0 atom stereocenters. The Hall–Kier alpha value is -0.313. The predicted octanol–water partition coefficient (Wildman–Crippen LogP) is 1.98. The summed E-state index contributed by atoms with van der Waals surface area (Å²) in [6, 6.07) is 0. The van der Waals surface area contributed by atoms with E-state index in [2.05, 4.69) is 24.6 Å². The van der Waals surface area contributed by atoms with Gasteiger partial charge in [0.1, 0.15) is 8.24 Å². The Bertz CT molecular complexity index is 152. The first kappa shape index (κ1) is 10.7. The normalized spacial score (nSPS) is 12.9. The van der Waals surface area contributed by atoms with E-state index in [4.69, 9.17) is 0 Å². The summed E-state index contributed by atoms with van der Waals surface area (Å²) in [5, 5.41) is 0. The molecule has 0 aliphatic carbocycles. The molecule has 0 rings (SSSR count). The molecule has 0 aromatic heterocycles. The highest BCUT2D eigenvalue weighted by atomic mass is 28.3. The zero-order valence-corrected chi connectivity index (χ0v) is 9.41. The summed E-state index contributed by atoms with van der Waals surface area (Å²) in [6.45, 7) is 12.2. The first-order valence-electron chi connectivity index (χ1n) is 3.95. The predicted molar refractivity (Wildman–Crippen MR) is 50.9 cm³/mol. The lowest BCUT2D eigenvalue weighted by atomic mass is 9.96. The quantitative estimate of drug-likeness (QED) is 0.604. The second kappa shape index (κ2) is 2.97. The molecule has 2 nitrogen and oxygen atoms in total. The molecule has 3 heteroatoms. The van der Waals surface area contributed by atoms with E-state index in [0.29, 0.717) is 0 Å². The van der Waals surface area contributed by atoms with Crippen molar-refractivity contribution in [3.05, 3.63) is 0 Å². The molecule has 1 amide bonds. The van der Waals surface area contributed by atoms with Gasteiger partial charge in [-0.2, -0.15) is 0 Å². The number of hydrogen-bond acceptors (Lipinski definition) is 1. The summed E-state index contributed by atoms with van der Waals surface area (Å²) in [6.07, 6.45) is 0. The van der Waals surface area contributed by atoms with Crippen LogP contribution in [0.3, 0.4) is 0 Å². The SMILES string of the molecule is CC(C)(C)C(=O)N[Si](C)(C)C. The number of hydrogen-bond donors (Lipinski definition) is 1. The molecule has 0 saturated heterocycles. The molecule has 0 aromatic rings. The van der Waals surface area contributed by atoms with Crippen LogP contribution in [0.5, 0.6) is 0 Å². The van der Waals surface area contributed by atoms with Gasteiger partial charge < -0.3 is 4.98 Å². The highest BCUT2D eigenvalue weighted by Gasteiger charge is 2.25. The molecule has 0 radical (unpaired) electrons. The van der Waals surface area contributed by atoms with Crippen LogP contribution in [0.25, 0.3) is 0 Å². The van der Waals surface area contributed by atoms with E-state index < -0.39 is 8.24 Å². The zero-order valence-electron chi connectivity index (χ0n) is 8.41. The number of rotatable bonds is 1. The van der Waals surface area contributed by atoms with Crippen molar-refractivity contribution in [1.29, 1.82) is 0 Å². The van der Waals surface area contributed by atoms with Crippen molar-refractivity contribution in [3.63, 3.8) is 0 Å². The lowest BCUT2D eigenvalue weighted by Crippen LogP contribution is -2.49. The molecule has 0 bridgehead atoms. The second-order valence-electron chi connectivity index (χ2n) is 4.95. The van der Waals surface area contributed by atoms with Crippen LogP contribution >= 0.6 is 0 Å². The van der Waals surface area contributed by atoms with E-state index in [-0.39, 0.29) is 11.3 Å². The molecule has 0 spiro atoms. The fraction of sp³-hybridized carbons (Fsp3) is 0.875. The third-order valence-electron chi connectivity index (χ3n) is 1.17. The Morgan fingerprint density at radius 1 is 1.18 bits per heavy atom. The van der Waals surface area contributed by atoms with E-state index in [1.54, 1.807) is 0 Å². The number of nitrogens with one attached hydrogen (secondary N) is 1. The Morgan fingerprint density at radius 3 is 1.64 bits per heavy atom. The van der Waals surface area contributed by atoms with E-state index in [0.717, 1.165) is 0 Å². The molecule has 0 fully saturated rings. The molecule has 0 aromatic carbocycles. The van der Waals surface area contributed by atoms with E-state index in [9.17, 15) is 4.79 Å². The van der Waals surface area contributed by atoms with E-state index in [1.165, 1.54) is 0 Å². The smallest absolute Gasteiger partial charge is 0.217 e. The minimum Gasteiger partial charge on any atom is -0.382 e. The van der Waals surface area contributed by atoms with E-state index >= 15 is 0 Å². The fourth-order valence-electron chi connectivity index (χ4n) is 0.528. The van der Waals surface area contributed by atoms with Crippen molar-refractivity contribution in [3.8, 4) is 0 Å². The van der Waals surface area contributed by atoms with Crippen molar-refractivity contribution >= 4 is 14.1 Å². The molecular formula is C8H19NOSi. The Kier molecular flexibility index (Phi) is 2.89. The van der Waals surface area contributed by atoms with Gasteiger partial charge in [-0.3, -0.25) is 4.79 Å². The van der Waals surface area contributed by atoms with Crippen molar-refractivity contribution in [2.45, 2.75) is 40.4 Å². The van der Waals surface area contributed by atoms with Gasteiger partial charge in [-0.05, 0) is 0 Å². The average molecular weight is 173 g/mol. The highest BCUT2D eigenvalue weighted by Crippen LogP contribution is 2.13. The van der Waals surface area contributed by atoms with Crippen LogP contribution in [0.15, 0.2) is 0 Å². The number of amides is 1. The number of carbonyl (C=O) groups is 1. The maximum atomic E-state index is 11.4. The summed E-state index contributed by atoms with van der Waals surface area (Å²) >= 11 is 0. The van der Waals surface area contributed by atoms with Gasteiger partial charge in [0, 0.05) is 5.41 Å². The van der Waals surface area contributed by atoms with Gasteiger partial charge in [0.2, 0.25) is 5.91 Å². The van der Waals surface area contributed by atoms with Crippen LogP contribution in [-0.2, 0) is 4.79 Å². The zero-order chi connectivity index (χ0) is 9.28. The first-order valence-corrected chi connectivity index (χ1v) is 7.45. The fourth-order valence-corrected chi connectivity index (χ4v) is 1.58. The molecule has 0 aliphatic heterocycles. The molecule has 66 valence electrons. The lowest BCUT2D eigenvalue weighted by molar-refractivity contribution is -0.126. The second-order valence-corrected chi connectivity index (χ2v) is 9.70. The van der Waals surface area contributed by atoms with Crippen LogP contribution in [0.2, 0.25) is 19.6 Å².